The van der Waals surface area contributed by atoms with Crippen LogP contribution in [-0.4, -0.2) is 23.0 Å². The molecule has 0 nitrogen and oxygen atoms in total. The molecule has 0 aliphatic rings. The molecule has 0 aromatic heterocycles. The quantitative estimate of drug-likeness (QED) is 0.745. The minimum absolute atomic E-state index is 0.392. The van der Waals surface area contributed by atoms with E-state index in [1.54, 1.807) is 0 Å². The summed E-state index contributed by atoms with van der Waals surface area (Å²) < 4.78 is 2.97. The number of rotatable bonds is 4. The van der Waals surface area contributed by atoms with Crippen molar-refractivity contribution in [3.63, 3.8) is 0 Å². The average molecular weight is 331 g/mol. The van der Waals surface area contributed by atoms with E-state index in [0.717, 1.165) is 0 Å². The second-order valence-corrected chi connectivity index (χ2v) is 13.0. The molecule has 19 heavy (non-hydrogen) atoms. The van der Waals surface area contributed by atoms with Crippen LogP contribution in [0.4, 0.5) is 0 Å². The Balaban J connectivity index is 2.34. The van der Waals surface area contributed by atoms with Gasteiger partial charge in [-0.05, 0) is 0 Å². The molecule has 0 spiro atoms. The van der Waals surface area contributed by atoms with E-state index < -0.39 is 8.07 Å². The first kappa shape index (κ1) is 14.3. The van der Waals surface area contributed by atoms with Crippen molar-refractivity contribution in [2.45, 2.75) is 19.6 Å². The van der Waals surface area contributed by atoms with Crippen LogP contribution in [0.1, 0.15) is 5.56 Å². The van der Waals surface area contributed by atoms with Crippen LogP contribution in [0.5, 0.6) is 0 Å². The maximum atomic E-state index is 2.55. The van der Waals surface area contributed by atoms with Gasteiger partial charge in [-0.25, -0.2) is 0 Å². The normalized spacial score (nSPS) is 12.5. The first-order valence-corrected chi connectivity index (χ1v) is 11.8. The van der Waals surface area contributed by atoms with Gasteiger partial charge in [0.05, 0.1) is 0 Å². The molecule has 0 N–H and O–H groups in total. The molecule has 2 heteroatoms. The van der Waals surface area contributed by atoms with Crippen molar-refractivity contribution in [3.05, 3.63) is 71.9 Å². The van der Waals surface area contributed by atoms with Crippen molar-refractivity contribution < 1.29 is 0 Å². The summed E-state index contributed by atoms with van der Waals surface area (Å²) in [6.07, 6.45) is 0. The van der Waals surface area contributed by atoms with Gasteiger partial charge in [0.1, 0.15) is 0 Å². The molecule has 2 aromatic rings. The molecule has 0 aliphatic carbocycles. The standard InChI is InChI=1S/C17H20SeSi/c1-19(2,3)14-17(15-10-6-4-7-11-15)18-16-12-8-5-9-13-16/h4-14H,1-3H3/b17-14-. The molecule has 0 amide bonds. The zero-order chi connectivity index (χ0) is 13.7. The van der Waals surface area contributed by atoms with Crippen LogP contribution >= 0.6 is 0 Å². The fourth-order valence-corrected chi connectivity index (χ4v) is 7.07. The molecule has 0 fully saturated rings. The Bertz CT molecular complexity index is 538. The van der Waals surface area contributed by atoms with Gasteiger partial charge in [0.15, 0.2) is 0 Å². The topological polar surface area (TPSA) is 0 Å². The first-order chi connectivity index (χ1) is 9.04. The van der Waals surface area contributed by atoms with E-state index in [9.17, 15) is 0 Å². The van der Waals surface area contributed by atoms with E-state index >= 15 is 0 Å². The van der Waals surface area contributed by atoms with Crippen LogP contribution in [-0.2, 0) is 0 Å². The summed E-state index contributed by atoms with van der Waals surface area (Å²) in [5.74, 6) is 0. The van der Waals surface area contributed by atoms with Crippen LogP contribution in [0, 0.1) is 0 Å². The number of hydrogen-bond acceptors (Lipinski definition) is 0. The zero-order valence-electron chi connectivity index (χ0n) is 11.8. The van der Waals surface area contributed by atoms with Gasteiger partial charge in [-0.1, -0.05) is 0 Å². The van der Waals surface area contributed by atoms with E-state index in [-0.39, 0.29) is 0 Å². The van der Waals surface area contributed by atoms with Gasteiger partial charge in [0.25, 0.3) is 0 Å². The third-order valence-electron chi connectivity index (χ3n) is 2.59. The van der Waals surface area contributed by atoms with Crippen molar-refractivity contribution in [1.29, 1.82) is 0 Å². The Kier molecular flexibility index (Phi) is 4.81. The third kappa shape index (κ3) is 4.83. The third-order valence-corrected chi connectivity index (χ3v) is 6.48. The second kappa shape index (κ2) is 6.38. The Morgan fingerprint density at radius 3 is 1.89 bits per heavy atom. The van der Waals surface area contributed by atoms with E-state index in [2.05, 4.69) is 86.0 Å². The predicted molar refractivity (Wildman–Crippen MR) is 89.6 cm³/mol. The molecule has 0 bridgehead atoms. The Hall–Kier alpha value is -1.08. The summed E-state index contributed by atoms with van der Waals surface area (Å²) in [4.78, 5) is 0. The number of hydrogen-bond donors (Lipinski definition) is 0. The van der Waals surface area contributed by atoms with Gasteiger partial charge in [-0.2, -0.15) is 0 Å². The summed E-state index contributed by atoms with van der Waals surface area (Å²) in [6, 6.07) is 21.6. The fourth-order valence-electron chi connectivity index (χ4n) is 1.78. The zero-order valence-corrected chi connectivity index (χ0v) is 14.5. The van der Waals surface area contributed by atoms with Gasteiger partial charge >= 0.3 is 124 Å². The SMILES string of the molecule is C[Si](C)(C)/C=C(\[Se]c1ccccc1)c1ccccc1. The molecule has 0 heterocycles. The van der Waals surface area contributed by atoms with Gasteiger partial charge < -0.3 is 0 Å². The predicted octanol–water partition coefficient (Wildman–Crippen LogP) is 3.93. The van der Waals surface area contributed by atoms with E-state index in [0.29, 0.717) is 15.0 Å². The number of benzene rings is 2. The summed E-state index contributed by atoms with van der Waals surface area (Å²) in [7, 11) is -1.20. The molecule has 0 radical (unpaired) electrons. The molecule has 2 aromatic carbocycles. The molecular weight excluding hydrogens is 311 g/mol. The van der Waals surface area contributed by atoms with E-state index in [4.69, 9.17) is 0 Å². The molecule has 0 aliphatic heterocycles. The fraction of sp³-hybridized carbons (Fsp3) is 0.176. The second-order valence-electron chi connectivity index (χ2n) is 5.66. The van der Waals surface area contributed by atoms with Gasteiger partial charge in [-0.3, -0.25) is 0 Å². The van der Waals surface area contributed by atoms with Crippen LogP contribution in [0.3, 0.4) is 0 Å². The van der Waals surface area contributed by atoms with Crippen LogP contribution < -0.4 is 4.46 Å². The minimum atomic E-state index is -1.20. The molecule has 0 atom stereocenters. The summed E-state index contributed by atoms with van der Waals surface area (Å²) in [6.45, 7) is 7.20. The van der Waals surface area contributed by atoms with Crippen molar-refractivity contribution >= 4 is 32.0 Å². The Morgan fingerprint density at radius 2 is 1.37 bits per heavy atom. The Morgan fingerprint density at radius 1 is 0.842 bits per heavy atom. The summed E-state index contributed by atoms with van der Waals surface area (Å²) >= 11 is 0.392. The van der Waals surface area contributed by atoms with Gasteiger partial charge in [-0.15, -0.1) is 0 Å². The average Bonchev–Trinajstić information content (AvgIpc) is 2.39. The monoisotopic (exact) mass is 332 g/mol. The molecule has 0 saturated carbocycles. The van der Waals surface area contributed by atoms with Crippen LogP contribution in [0.15, 0.2) is 66.4 Å². The van der Waals surface area contributed by atoms with Crippen molar-refractivity contribution in [2.75, 3.05) is 0 Å². The maximum absolute atomic E-state index is 2.55. The van der Waals surface area contributed by atoms with Crippen LogP contribution in [0.25, 0.3) is 4.47 Å². The molecular formula is C17H20SeSi. The molecule has 0 saturated heterocycles. The molecule has 98 valence electrons. The van der Waals surface area contributed by atoms with Crippen molar-refractivity contribution in [1.82, 2.24) is 0 Å². The Labute approximate surface area is 123 Å². The first-order valence-electron chi connectivity index (χ1n) is 6.56. The summed E-state index contributed by atoms with van der Waals surface area (Å²) in [5.41, 5.74) is 3.93. The summed E-state index contributed by atoms with van der Waals surface area (Å²) in [5, 5.41) is 0. The van der Waals surface area contributed by atoms with E-state index in [1.807, 2.05) is 0 Å². The molecule has 0 unspecified atom stereocenters. The van der Waals surface area contributed by atoms with Crippen molar-refractivity contribution in [2.24, 2.45) is 0 Å². The van der Waals surface area contributed by atoms with Gasteiger partial charge in [0.2, 0.25) is 0 Å². The van der Waals surface area contributed by atoms with Gasteiger partial charge in [0, 0.05) is 0 Å². The van der Waals surface area contributed by atoms with Crippen molar-refractivity contribution in [3.8, 4) is 0 Å². The van der Waals surface area contributed by atoms with E-state index in [1.165, 1.54) is 14.5 Å². The van der Waals surface area contributed by atoms with Crippen LogP contribution in [0.2, 0.25) is 19.6 Å². The molecule has 2 rings (SSSR count).